The molecule has 0 aliphatic rings. The Labute approximate surface area is 108 Å². The molecule has 1 radical (unpaired) electrons. The Morgan fingerprint density at radius 2 is 1.12 bits per heavy atom. The van der Waals surface area contributed by atoms with Gasteiger partial charge in [-0.1, -0.05) is 58.3 Å². The van der Waals surface area contributed by atoms with Gasteiger partial charge in [0.2, 0.25) is 0 Å². The monoisotopic (exact) mass is 243 g/mol. The Morgan fingerprint density at radius 3 is 1.65 bits per heavy atom. The van der Waals surface area contributed by atoms with Gasteiger partial charge in [0.25, 0.3) is 0 Å². The zero-order valence-electron chi connectivity index (χ0n) is 11.7. The van der Waals surface area contributed by atoms with Crippen molar-refractivity contribution in [2.24, 2.45) is 0 Å². The van der Waals surface area contributed by atoms with E-state index in [1.165, 1.54) is 57.8 Å². The highest BCUT2D eigenvalue weighted by Gasteiger charge is 1.93. The van der Waals surface area contributed by atoms with E-state index in [9.17, 15) is 5.11 Å². The summed E-state index contributed by atoms with van der Waals surface area (Å²) in [6.07, 6.45) is 13.5. The second-order valence-electron chi connectivity index (χ2n) is 4.85. The lowest BCUT2D eigenvalue weighted by Crippen LogP contribution is -1.97. The van der Waals surface area contributed by atoms with E-state index in [0.29, 0.717) is 0 Å². The summed E-state index contributed by atoms with van der Waals surface area (Å²) in [7, 11) is 0. The molecule has 17 heavy (non-hydrogen) atoms. The molecular formula is C15H31O2. The van der Waals surface area contributed by atoms with E-state index in [4.69, 9.17) is 4.74 Å². The SMILES string of the molecule is CCCCCCOCCCCCCCCC[O]. The van der Waals surface area contributed by atoms with E-state index in [1.807, 2.05) is 0 Å². The van der Waals surface area contributed by atoms with E-state index in [2.05, 4.69) is 6.92 Å². The lowest BCUT2D eigenvalue weighted by Gasteiger charge is -2.04. The van der Waals surface area contributed by atoms with Crippen LogP contribution >= 0.6 is 0 Å². The molecule has 0 aliphatic heterocycles. The summed E-state index contributed by atoms with van der Waals surface area (Å²) in [4.78, 5) is 0. The molecule has 0 saturated heterocycles. The van der Waals surface area contributed by atoms with Gasteiger partial charge in [-0.2, -0.15) is 0 Å². The van der Waals surface area contributed by atoms with Crippen LogP contribution in [0.4, 0.5) is 0 Å². The van der Waals surface area contributed by atoms with Gasteiger partial charge in [0.15, 0.2) is 0 Å². The fraction of sp³-hybridized carbons (Fsp3) is 1.00. The highest BCUT2D eigenvalue weighted by molar-refractivity contribution is 4.46. The zero-order chi connectivity index (χ0) is 12.6. The Kier molecular flexibility index (Phi) is 15.8. The summed E-state index contributed by atoms with van der Waals surface area (Å²) >= 11 is 0. The number of unbranched alkanes of at least 4 members (excludes halogenated alkanes) is 9. The average molecular weight is 243 g/mol. The van der Waals surface area contributed by atoms with Gasteiger partial charge < -0.3 is 4.74 Å². The van der Waals surface area contributed by atoms with Crippen molar-refractivity contribution in [1.29, 1.82) is 0 Å². The summed E-state index contributed by atoms with van der Waals surface area (Å²) in [5.74, 6) is 0. The highest BCUT2D eigenvalue weighted by Crippen LogP contribution is 2.07. The first-order chi connectivity index (χ1) is 8.41. The first kappa shape index (κ1) is 16.9. The molecular weight excluding hydrogens is 212 g/mol. The van der Waals surface area contributed by atoms with E-state index >= 15 is 0 Å². The molecule has 0 heterocycles. The Bertz CT molecular complexity index is 112. The third kappa shape index (κ3) is 15.9. The molecule has 0 spiro atoms. The average Bonchev–Trinajstić information content (AvgIpc) is 2.35. The number of rotatable bonds is 14. The van der Waals surface area contributed by atoms with Crippen LogP contribution in [-0.4, -0.2) is 19.8 Å². The second kappa shape index (κ2) is 15.9. The number of ether oxygens (including phenoxy) is 1. The van der Waals surface area contributed by atoms with Gasteiger partial charge in [0, 0.05) is 13.2 Å². The lowest BCUT2D eigenvalue weighted by atomic mass is 10.1. The van der Waals surface area contributed by atoms with Crippen molar-refractivity contribution in [3.63, 3.8) is 0 Å². The molecule has 0 unspecified atom stereocenters. The maximum absolute atomic E-state index is 10.2. The molecule has 0 aromatic carbocycles. The minimum absolute atomic E-state index is 0.103. The van der Waals surface area contributed by atoms with Crippen LogP contribution in [-0.2, 0) is 9.84 Å². The Balaban J connectivity index is 2.85. The first-order valence-electron chi connectivity index (χ1n) is 7.57. The standard InChI is InChI=1S/C15H31O2/c1-2-3-4-11-14-17-15-12-9-7-5-6-8-10-13-16/h2-15H2,1H3. The molecule has 0 N–H and O–H groups in total. The van der Waals surface area contributed by atoms with Crippen LogP contribution in [0.15, 0.2) is 0 Å². The quantitative estimate of drug-likeness (QED) is 0.405. The predicted molar refractivity (Wildman–Crippen MR) is 72.8 cm³/mol. The topological polar surface area (TPSA) is 29.1 Å². The van der Waals surface area contributed by atoms with Gasteiger partial charge in [0.05, 0.1) is 6.61 Å². The molecule has 0 aromatic heterocycles. The number of hydrogen-bond donors (Lipinski definition) is 0. The molecule has 0 bridgehead atoms. The predicted octanol–water partition coefficient (Wildman–Crippen LogP) is 4.74. The van der Waals surface area contributed by atoms with Crippen LogP contribution in [0.3, 0.4) is 0 Å². The van der Waals surface area contributed by atoms with Crippen molar-refractivity contribution in [2.45, 2.75) is 77.6 Å². The number of hydrogen-bond acceptors (Lipinski definition) is 1. The van der Waals surface area contributed by atoms with Crippen molar-refractivity contribution in [3.05, 3.63) is 0 Å². The van der Waals surface area contributed by atoms with Crippen molar-refractivity contribution >= 4 is 0 Å². The molecule has 0 amide bonds. The minimum atomic E-state index is 0.103. The van der Waals surface area contributed by atoms with Crippen molar-refractivity contribution < 1.29 is 9.84 Å². The highest BCUT2D eigenvalue weighted by atomic mass is 16.5. The lowest BCUT2D eigenvalue weighted by molar-refractivity contribution is 0.125. The first-order valence-corrected chi connectivity index (χ1v) is 7.57. The van der Waals surface area contributed by atoms with Crippen molar-refractivity contribution in [1.82, 2.24) is 0 Å². The Hall–Kier alpha value is -0.0800. The van der Waals surface area contributed by atoms with Crippen LogP contribution in [0, 0.1) is 0 Å². The molecule has 0 aliphatic carbocycles. The smallest absolute Gasteiger partial charge is 0.0822 e. The van der Waals surface area contributed by atoms with E-state index in [1.54, 1.807) is 0 Å². The molecule has 2 heteroatoms. The second-order valence-corrected chi connectivity index (χ2v) is 4.85. The molecule has 2 nitrogen and oxygen atoms in total. The van der Waals surface area contributed by atoms with Gasteiger partial charge >= 0.3 is 0 Å². The summed E-state index contributed by atoms with van der Waals surface area (Å²) in [5, 5.41) is 10.2. The summed E-state index contributed by atoms with van der Waals surface area (Å²) < 4.78 is 5.58. The summed E-state index contributed by atoms with van der Waals surface area (Å²) in [6, 6.07) is 0. The fourth-order valence-corrected chi connectivity index (χ4v) is 1.92. The molecule has 0 atom stereocenters. The van der Waals surface area contributed by atoms with Crippen LogP contribution in [0.2, 0.25) is 0 Å². The normalized spacial score (nSPS) is 10.9. The third-order valence-corrected chi connectivity index (χ3v) is 3.08. The van der Waals surface area contributed by atoms with E-state index in [-0.39, 0.29) is 6.61 Å². The molecule has 0 aromatic rings. The molecule has 0 rings (SSSR count). The maximum Gasteiger partial charge on any atom is 0.0822 e. The summed E-state index contributed by atoms with van der Waals surface area (Å²) in [5.41, 5.74) is 0. The van der Waals surface area contributed by atoms with Crippen LogP contribution in [0.25, 0.3) is 0 Å². The largest absolute Gasteiger partial charge is 0.381 e. The van der Waals surface area contributed by atoms with Crippen molar-refractivity contribution in [2.75, 3.05) is 19.8 Å². The van der Waals surface area contributed by atoms with E-state index in [0.717, 1.165) is 26.1 Å². The zero-order valence-corrected chi connectivity index (χ0v) is 11.7. The van der Waals surface area contributed by atoms with Gasteiger partial charge in [-0.25, -0.2) is 5.11 Å². The van der Waals surface area contributed by atoms with Gasteiger partial charge in [0.1, 0.15) is 0 Å². The Morgan fingerprint density at radius 1 is 0.647 bits per heavy atom. The minimum Gasteiger partial charge on any atom is -0.381 e. The van der Waals surface area contributed by atoms with E-state index < -0.39 is 0 Å². The molecule has 0 saturated carbocycles. The fourth-order valence-electron chi connectivity index (χ4n) is 1.92. The molecule has 103 valence electrons. The molecule has 0 fully saturated rings. The van der Waals surface area contributed by atoms with Crippen molar-refractivity contribution in [3.8, 4) is 0 Å². The van der Waals surface area contributed by atoms with Crippen LogP contribution < -0.4 is 0 Å². The van der Waals surface area contributed by atoms with Crippen LogP contribution in [0.1, 0.15) is 77.6 Å². The van der Waals surface area contributed by atoms with Gasteiger partial charge in [-0.3, -0.25) is 0 Å². The maximum atomic E-state index is 10.2. The van der Waals surface area contributed by atoms with Gasteiger partial charge in [-0.15, -0.1) is 0 Å². The van der Waals surface area contributed by atoms with Crippen LogP contribution in [0.5, 0.6) is 0 Å². The third-order valence-electron chi connectivity index (χ3n) is 3.08. The summed E-state index contributed by atoms with van der Waals surface area (Å²) in [6.45, 7) is 4.22. The van der Waals surface area contributed by atoms with Gasteiger partial charge in [-0.05, 0) is 19.3 Å².